The van der Waals surface area contributed by atoms with Gasteiger partial charge in [0.15, 0.2) is 0 Å². The number of pyridine rings is 1. The van der Waals surface area contributed by atoms with Crippen molar-refractivity contribution in [3.8, 4) is 0 Å². The molecule has 0 fully saturated rings. The summed E-state index contributed by atoms with van der Waals surface area (Å²) in [5, 5.41) is 6.02. The summed E-state index contributed by atoms with van der Waals surface area (Å²) in [6, 6.07) is 4.99. The third-order valence-corrected chi connectivity index (χ3v) is 5.20. The van der Waals surface area contributed by atoms with Crippen molar-refractivity contribution in [2.24, 2.45) is 0 Å². The molecule has 7 nitrogen and oxygen atoms in total. The van der Waals surface area contributed by atoms with Crippen LogP contribution >= 0.6 is 25.1 Å². The minimum atomic E-state index is -4.63. The van der Waals surface area contributed by atoms with E-state index in [9.17, 15) is 27.2 Å². The van der Waals surface area contributed by atoms with E-state index in [1.807, 2.05) is 0 Å². The average molecular weight is 518 g/mol. The highest BCUT2D eigenvalue weighted by molar-refractivity contribution is 7.59. The Morgan fingerprint density at radius 1 is 1.21 bits per heavy atom. The number of nitrogens with zero attached hydrogens (tertiary/aromatic N) is 4. The molecule has 2 aromatic heterocycles. The summed E-state index contributed by atoms with van der Waals surface area (Å²) in [5.74, 6) is -1.84. The highest BCUT2D eigenvalue weighted by atomic mass is 35.5. The normalized spacial score (nSPS) is 15.2. The molecular weight excluding hydrogens is 498 g/mol. The van der Waals surface area contributed by atoms with Crippen molar-refractivity contribution in [2.45, 2.75) is 26.6 Å². The van der Waals surface area contributed by atoms with Gasteiger partial charge in [0.25, 0.3) is 11.8 Å². The van der Waals surface area contributed by atoms with Crippen LogP contribution in [0.3, 0.4) is 0 Å². The largest absolute Gasteiger partial charge is 0.417 e. The van der Waals surface area contributed by atoms with Crippen LogP contribution in [-0.2, 0) is 6.18 Å². The molecule has 0 unspecified atom stereocenters. The van der Waals surface area contributed by atoms with Crippen LogP contribution < -0.4 is 10.2 Å². The Balaban J connectivity index is 0.00000204. The maximum Gasteiger partial charge on any atom is 0.417 e. The van der Waals surface area contributed by atoms with Gasteiger partial charge in [-0.2, -0.15) is 31.8 Å². The molecule has 1 N–H and O–H groups in total. The van der Waals surface area contributed by atoms with Crippen molar-refractivity contribution in [3.63, 3.8) is 0 Å². The first-order valence-electron chi connectivity index (χ1n) is 9.25. The van der Waals surface area contributed by atoms with Gasteiger partial charge >= 0.3 is 6.18 Å². The van der Waals surface area contributed by atoms with Gasteiger partial charge in [-0.25, -0.2) is 9.37 Å². The van der Waals surface area contributed by atoms with E-state index in [0.29, 0.717) is 0 Å². The summed E-state index contributed by atoms with van der Waals surface area (Å²) in [6.07, 6.45) is -2.49. The van der Waals surface area contributed by atoms with Gasteiger partial charge in [0.05, 0.1) is 34.6 Å². The van der Waals surface area contributed by atoms with Gasteiger partial charge in [0.1, 0.15) is 17.3 Å². The molecule has 182 valence electrons. The molecule has 3 heterocycles. The lowest BCUT2D eigenvalue weighted by Crippen LogP contribution is -2.43. The number of hydrogen-bond acceptors (Lipinski definition) is 4. The molecule has 1 aliphatic rings. The zero-order valence-corrected chi connectivity index (χ0v) is 18.6. The molecule has 0 bridgehead atoms. The molecule has 1 aromatic carbocycles. The molecule has 0 saturated heterocycles. The van der Waals surface area contributed by atoms with E-state index in [1.54, 1.807) is 6.92 Å². The molecular formula is C21H20ClF4N5O2S. The van der Waals surface area contributed by atoms with E-state index in [0.717, 1.165) is 30.5 Å². The Kier molecular flexibility index (Phi) is 7.99. The standard InChI is InChI=1S/C20H14ClF4N5O2.CH4.H2S/c1-10-9-29(12-3-4-14(15(21)6-12)20(23,24)25)19(32)17-13(8-27-30(10)17)18(31)28-16-5-2-11(22)7-26-16;;/h2-8,10H,9H2,1H3,(H,26,28,31);1H4;1H2/t10-;;/m0../s1. The molecule has 1 atom stereocenters. The molecule has 13 heteroatoms. The van der Waals surface area contributed by atoms with Crippen LogP contribution in [0.1, 0.15) is 46.8 Å². The van der Waals surface area contributed by atoms with Crippen LogP contribution in [0, 0.1) is 5.82 Å². The molecule has 2 amide bonds. The fourth-order valence-corrected chi connectivity index (χ4v) is 3.67. The van der Waals surface area contributed by atoms with Crippen LogP contribution in [0.2, 0.25) is 5.02 Å². The van der Waals surface area contributed by atoms with Gasteiger partial charge in [-0.1, -0.05) is 19.0 Å². The smallest absolute Gasteiger partial charge is 0.306 e. The van der Waals surface area contributed by atoms with Crippen LogP contribution in [-0.4, -0.2) is 33.1 Å². The first-order chi connectivity index (χ1) is 15.1. The van der Waals surface area contributed by atoms with E-state index in [2.05, 4.69) is 15.4 Å². The number of carbonyl (C=O) groups is 2. The lowest BCUT2D eigenvalue weighted by Gasteiger charge is -2.32. The fraction of sp³-hybridized carbons (Fsp3) is 0.238. The topological polar surface area (TPSA) is 80.1 Å². The van der Waals surface area contributed by atoms with Crippen LogP contribution in [0.15, 0.2) is 42.7 Å². The van der Waals surface area contributed by atoms with Crippen molar-refractivity contribution in [1.82, 2.24) is 14.8 Å². The monoisotopic (exact) mass is 517 g/mol. The van der Waals surface area contributed by atoms with E-state index in [4.69, 9.17) is 11.6 Å². The molecule has 34 heavy (non-hydrogen) atoms. The first-order valence-corrected chi connectivity index (χ1v) is 9.63. The minimum Gasteiger partial charge on any atom is -0.306 e. The number of anilines is 2. The lowest BCUT2D eigenvalue weighted by molar-refractivity contribution is -0.137. The Morgan fingerprint density at radius 3 is 2.50 bits per heavy atom. The van der Waals surface area contributed by atoms with E-state index >= 15 is 0 Å². The fourth-order valence-electron chi connectivity index (χ4n) is 3.39. The van der Waals surface area contributed by atoms with Crippen LogP contribution in [0.5, 0.6) is 0 Å². The van der Waals surface area contributed by atoms with Crippen LogP contribution in [0.25, 0.3) is 0 Å². The molecule has 0 radical (unpaired) electrons. The predicted molar refractivity (Wildman–Crippen MR) is 124 cm³/mol. The molecule has 0 saturated carbocycles. The summed E-state index contributed by atoms with van der Waals surface area (Å²) in [5.41, 5.74) is -0.966. The second kappa shape index (κ2) is 10.0. The quantitative estimate of drug-likeness (QED) is 0.477. The number of nitrogens with one attached hydrogen (secondary N) is 1. The molecule has 4 rings (SSSR count). The van der Waals surface area contributed by atoms with Crippen molar-refractivity contribution in [1.29, 1.82) is 0 Å². The SMILES string of the molecule is C.C[C@H]1CN(c2ccc(C(F)(F)F)c(Cl)c2)C(=O)c2c(C(=O)Nc3ccc(F)cn3)cnn21.S. The lowest BCUT2D eigenvalue weighted by atomic mass is 10.1. The molecule has 0 aliphatic carbocycles. The average Bonchev–Trinajstić information content (AvgIpc) is 3.17. The van der Waals surface area contributed by atoms with Crippen molar-refractivity contribution >= 4 is 48.4 Å². The molecule has 0 spiro atoms. The number of rotatable bonds is 3. The van der Waals surface area contributed by atoms with Crippen molar-refractivity contribution in [2.75, 3.05) is 16.8 Å². The Bertz CT molecular complexity index is 1220. The maximum atomic E-state index is 13.2. The van der Waals surface area contributed by atoms with E-state index in [-0.39, 0.29) is 56.3 Å². The highest BCUT2D eigenvalue weighted by Crippen LogP contribution is 2.37. The second-order valence-corrected chi connectivity index (χ2v) is 7.50. The second-order valence-electron chi connectivity index (χ2n) is 7.09. The van der Waals surface area contributed by atoms with Crippen molar-refractivity contribution in [3.05, 3.63) is 70.4 Å². The van der Waals surface area contributed by atoms with Gasteiger partial charge < -0.3 is 10.2 Å². The Labute approximate surface area is 204 Å². The summed E-state index contributed by atoms with van der Waals surface area (Å²) < 4.78 is 53.4. The summed E-state index contributed by atoms with van der Waals surface area (Å²) in [6.45, 7) is 1.85. The van der Waals surface area contributed by atoms with Gasteiger partial charge in [0.2, 0.25) is 0 Å². The third kappa shape index (κ3) is 5.02. The summed E-state index contributed by atoms with van der Waals surface area (Å²) in [7, 11) is 0. The van der Waals surface area contributed by atoms with Gasteiger partial charge in [-0.05, 0) is 37.3 Å². The predicted octanol–water partition coefficient (Wildman–Crippen LogP) is 5.31. The number of carbonyl (C=O) groups excluding carboxylic acids is 2. The van der Waals surface area contributed by atoms with Crippen molar-refractivity contribution < 1.29 is 27.2 Å². The van der Waals surface area contributed by atoms with Crippen LogP contribution in [0.4, 0.5) is 29.1 Å². The zero-order chi connectivity index (χ0) is 23.2. The first kappa shape index (κ1) is 27.1. The highest BCUT2D eigenvalue weighted by Gasteiger charge is 2.37. The van der Waals surface area contributed by atoms with E-state index in [1.165, 1.54) is 21.8 Å². The number of fused-ring (bicyclic) bond motifs is 1. The number of alkyl halides is 3. The number of benzene rings is 1. The number of aromatic nitrogens is 3. The zero-order valence-electron chi connectivity index (χ0n) is 16.8. The Morgan fingerprint density at radius 2 is 1.91 bits per heavy atom. The minimum absolute atomic E-state index is 0. The van der Waals surface area contributed by atoms with Gasteiger partial charge in [0, 0.05) is 12.2 Å². The van der Waals surface area contributed by atoms with E-state index < -0.39 is 34.4 Å². The number of hydrogen-bond donors (Lipinski definition) is 1. The summed E-state index contributed by atoms with van der Waals surface area (Å²) >= 11 is 5.81. The van der Waals surface area contributed by atoms with Gasteiger partial charge in [-0.3, -0.25) is 14.3 Å². The van der Waals surface area contributed by atoms with Gasteiger partial charge in [-0.15, -0.1) is 0 Å². The number of amides is 2. The summed E-state index contributed by atoms with van der Waals surface area (Å²) in [4.78, 5) is 30.9. The molecule has 3 aromatic rings. The number of halogens is 5. The maximum absolute atomic E-state index is 13.2. The Hall–Kier alpha value is -3.12. The molecule has 1 aliphatic heterocycles. The third-order valence-electron chi connectivity index (χ3n) is 4.89.